The molecule has 3 fully saturated rings. The van der Waals surface area contributed by atoms with Gasteiger partial charge < -0.3 is 4.74 Å². The van der Waals surface area contributed by atoms with Crippen LogP contribution in [0.15, 0.2) is 65.8 Å². The van der Waals surface area contributed by atoms with E-state index in [-0.39, 0.29) is 11.5 Å². The first-order chi connectivity index (χ1) is 18.5. The molecule has 1 aromatic carbocycles. The molecule has 4 aliphatic rings. The Labute approximate surface area is 236 Å². The number of hydrogen-bond donors (Lipinski definition) is 0. The molecule has 8 atom stereocenters. The molecule has 0 saturated heterocycles. The Balaban J connectivity index is 1.29. The van der Waals surface area contributed by atoms with E-state index in [1.165, 1.54) is 31.3 Å². The average Bonchev–Trinajstić information content (AvgIpc) is 3.29. The second-order valence-corrected chi connectivity index (χ2v) is 13.9. The van der Waals surface area contributed by atoms with Gasteiger partial charge in [0.1, 0.15) is 6.10 Å². The average molecular weight is 529 g/mol. The van der Waals surface area contributed by atoms with Gasteiger partial charge in [-0.1, -0.05) is 107 Å². The van der Waals surface area contributed by atoms with Crippen LogP contribution in [-0.4, -0.2) is 17.9 Å². The molecule has 0 radical (unpaired) electrons. The Morgan fingerprint density at radius 2 is 1.64 bits per heavy atom. The van der Waals surface area contributed by atoms with E-state index in [0.717, 1.165) is 25.2 Å². The lowest BCUT2D eigenvalue weighted by Crippen LogP contribution is -2.47. The number of allylic oxidation sites excluding steroid dienone is 5. The highest BCUT2D eigenvalue weighted by Gasteiger charge is 2.57. The molecule has 0 aromatic heterocycles. The third kappa shape index (κ3) is 5.11. The number of hydrogen-bond acceptors (Lipinski definition) is 3. The second-order valence-electron chi connectivity index (χ2n) is 13.9. The molecule has 1 aromatic rings. The molecule has 3 nitrogen and oxygen atoms in total. The Bertz CT molecular complexity index is 1170. The Morgan fingerprint density at radius 3 is 2.36 bits per heavy atom. The first-order valence-electron chi connectivity index (χ1n) is 15.4. The van der Waals surface area contributed by atoms with Gasteiger partial charge in [-0.3, -0.25) is 4.79 Å². The first-order valence-corrected chi connectivity index (χ1v) is 15.4. The van der Waals surface area contributed by atoms with Crippen molar-refractivity contribution in [2.75, 3.05) is 0 Å². The van der Waals surface area contributed by atoms with E-state index in [2.05, 4.69) is 65.8 Å². The minimum Gasteiger partial charge on any atom is -0.456 e. The molecule has 0 spiro atoms. The Kier molecular flexibility index (Phi) is 7.83. The maximum absolute atomic E-state index is 12.6. The predicted octanol–water partition coefficient (Wildman–Crippen LogP) is 8.76. The van der Waals surface area contributed by atoms with Gasteiger partial charge in [-0.05, 0) is 84.9 Å². The summed E-state index contributed by atoms with van der Waals surface area (Å²) in [6.45, 7) is 14.5. The summed E-state index contributed by atoms with van der Waals surface area (Å²) in [5.41, 5.74) is 4.00. The zero-order valence-electron chi connectivity index (χ0n) is 24.9. The molecule has 5 rings (SSSR count). The topological polar surface area (TPSA) is 43.4 Å². The van der Waals surface area contributed by atoms with Crippen LogP contribution in [-0.2, 0) is 9.53 Å². The predicted molar refractivity (Wildman–Crippen MR) is 158 cm³/mol. The maximum Gasteiger partial charge on any atom is 0.379 e. The summed E-state index contributed by atoms with van der Waals surface area (Å²) < 4.78 is 5.76. The second kappa shape index (κ2) is 10.9. The van der Waals surface area contributed by atoms with Gasteiger partial charge in [0.25, 0.3) is 5.78 Å². The van der Waals surface area contributed by atoms with Gasteiger partial charge in [0.15, 0.2) is 0 Å². The molecule has 0 amide bonds. The van der Waals surface area contributed by atoms with E-state index in [1.807, 2.05) is 6.07 Å². The summed E-state index contributed by atoms with van der Waals surface area (Å²) in [5.74, 6) is 2.67. The van der Waals surface area contributed by atoms with Gasteiger partial charge in [-0.2, -0.15) is 0 Å². The van der Waals surface area contributed by atoms with Crippen LogP contribution in [0.5, 0.6) is 0 Å². The molecule has 3 heteroatoms. The molecule has 210 valence electrons. The van der Waals surface area contributed by atoms with Crippen molar-refractivity contribution >= 4 is 11.8 Å². The highest BCUT2D eigenvalue weighted by Crippen LogP contribution is 2.66. The van der Waals surface area contributed by atoms with Crippen molar-refractivity contribution in [1.82, 2.24) is 0 Å². The van der Waals surface area contributed by atoms with E-state index in [9.17, 15) is 9.59 Å². The number of carbonyl (C=O) groups excluding carboxylic acids is 2. The van der Waals surface area contributed by atoms with Crippen molar-refractivity contribution in [2.24, 2.45) is 46.3 Å². The summed E-state index contributed by atoms with van der Waals surface area (Å²) in [6.07, 6.45) is 17.3. The molecule has 4 aliphatic carbocycles. The maximum atomic E-state index is 12.6. The van der Waals surface area contributed by atoms with Gasteiger partial charge in [-0.25, -0.2) is 4.79 Å². The van der Waals surface area contributed by atoms with Crippen molar-refractivity contribution in [3.63, 3.8) is 0 Å². The molecule has 0 unspecified atom stereocenters. The lowest BCUT2D eigenvalue weighted by molar-refractivity contribution is -0.145. The Hall–Kier alpha value is -2.42. The molecule has 39 heavy (non-hydrogen) atoms. The SMILES string of the molecule is CC(C)[C@@H](C)/C=C/[C@@H](C)[C@@H]1CC[C@@H]2C3=CC=C4C[C@H](OC(=O)C(=O)c5ccccc5)CC[C@]4(C)[C@H]3CC[C@@]21C. The number of ketones is 1. The summed E-state index contributed by atoms with van der Waals surface area (Å²) >= 11 is 0. The molecule has 0 heterocycles. The molecule has 0 bridgehead atoms. The Morgan fingerprint density at radius 1 is 0.897 bits per heavy atom. The standard InChI is InChI=1S/C36H48O3/c1-23(2)24(3)12-13-25(4)30-16-17-31-29-15-14-27-22-28(39-34(38)33(37)26-10-8-7-9-11-26)18-20-35(27,5)32(29)19-21-36(30,31)6/h7-15,23-25,28,30-32H,16-22H2,1-6H3/b13-12+/t24-,25+,28+,30-,31+,32-,35-,36+/m0/s1. The fourth-order valence-corrected chi connectivity index (χ4v) is 8.59. The molecule has 3 saturated carbocycles. The van der Waals surface area contributed by atoms with Crippen LogP contribution in [0.3, 0.4) is 0 Å². The van der Waals surface area contributed by atoms with Gasteiger partial charge in [-0.15, -0.1) is 0 Å². The van der Waals surface area contributed by atoms with Crippen molar-refractivity contribution in [3.05, 3.63) is 71.3 Å². The van der Waals surface area contributed by atoms with Crippen LogP contribution in [0.2, 0.25) is 0 Å². The van der Waals surface area contributed by atoms with Crippen molar-refractivity contribution < 1.29 is 14.3 Å². The number of fused-ring (bicyclic) bond motifs is 5. The van der Waals surface area contributed by atoms with Crippen molar-refractivity contribution in [3.8, 4) is 0 Å². The first kappa shape index (κ1) is 28.1. The van der Waals surface area contributed by atoms with Crippen molar-refractivity contribution in [2.45, 2.75) is 92.6 Å². The molecule has 0 N–H and O–H groups in total. The van der Waals surface area contributed by atoms with Crippen LogP contribution in [0.25, 0.3) is 0 Å². The molecular weight excluding hydrogens is 480 g/mol. The lowest BCUT2D eigenvalue weighted by Gasteiger charge is -2.55. The zero-order chi connectivity index (χ0) is 27.9. The van der Waals surface area contributed by atoms with E-state index in [0.29, 0.717) is 40.6 Å². The van der Waals surface area contributed by atoms with Crippen LogP contribution in [0, 0.1) is 46.3 Å². The molecular formula is C36H48O3. The fourth-order valence-electron chi connectivity index (χ4n) is 8.59. The molecule has 0 aliphatic heterocycles. The number of Topliss-reactive ketones (excluding diaryl/α,β-unsaturated/α-hetero) is 1. The summed E-state index contributed by atoms with van der Waals surface area (Å²) in [4.78, 5) is 25.2. The summed E-state index contributed by atoms with van der Waals surface area (Å²) in [5, 5.41) is 0. The van der Waals surface area contributed by atoms with Crippen LogP contribution in [0.1, 0.15) is 96.8 Å². The highest BCUT2D eigenvalue weighted by atomic mass is 16.5. The number of carbonyl (C=O) groups is 2. The van der Waals surface area contributed by atoms with Gasteiger partial charge in [0.05, 0.1) is 0 Å². The zero-order valence-corrected chi connectivity index (χ0v) is 24.9. The number of benzene rings is 1. The summed E-state index contributed by atoms with van der Waals surface area (Å²) in [7, 11) is 0. The largest absolute Gasteiger partial charge is 0.456 e. The number of rotatable bonds is 7. The fraction of sp³-hybridized carbons (Fsp3) is 0.611. The van der Waals surface area contributed by atoms with Gasteiger partial charge in [0.2, 0.25) is 0 Å². The normalized spacial score (nSPS) is 35.4. The third-order valence-electron chi connectivity index (χ3n) is 11.5. The van der Waals surface area contributed by atoms with Gasteiger partial charge in [0, 0.05) is 12.0 Å². The minimum absolute atomic E-state index is 0.133. The van der Waals surface area contributed by atoms with Crippen LogP contribution >= 0.6 is 0 Å². The highest BCUT2D eigenvalue weighted by molar-refractivity contribution is 6.40. The number of esters is 1. The number of ether oxygens (including phenoxy) is 1. The summed E-state index contributed by atoms with van der Waals surface area (Å²) in [6, 6.07) is 8.73. The lowest BCUT2D eigenvalue weighted by atomic mass is 9.50. The van der Waals surface area contributed by atoms with Gasteiger partial charge >= 0.3 is 5.97 Å². The smallest absolute Gasteiger partial charge is 0.379 e. The van der Waals surface area contributed by atoms with E-state index in [1.54, 1.807) is 29.8 Å². The van der Waals surface area contributed by atoms with Crippen LogP contribution in [0.4, 0.5) is 0 Å². The monoisotopic (exact) mass is 528 g/mol. The van der Waals surface area contributed by atoms with E-state index < -0.39 is 11.8 Å². The van der Waals surface area contributed by atoms with Crippen LogP contribution < -0.4 is 0 Å². The quantitative estimate of drug-likeness (QED) is 0.154. The minimum atomic E-state index is -0.723. The third-order valence-corrected chi connectivity index (χ3v) is 11.5. The van der Waals surface area contributed by atoms with E-state index >= 15 is 0 Å². The van der Waals surface area contributed by atoms with E-state index in [4.69, 9.17) is 4.74 Å². The van der Waals surface area contributed by atoms with Crippen molar-refractivity contribution in [1.29, 1.82) is 0 Å².